The normalized spacial score (nSPS) is 16.9. The zero-order chi connectivity index (χ0) is 20.5. The zero-order valence-electron chi connectivity index (χ0n) is 17.3. The molecule has 1 aliphatic heterocycles. The Balaban J connectivity index is 0.00000729. The molecule has 0 aromatic carbocycles. The number of aliphatic imine (C=N–C) groups is 1. The fourth-order valence-corrected chi connectivity index (χ4v) is 4.50. The largest absolute Gasteiger partial charge is 0.378 e. The molecule has 1 fully saturated rings. The molecule has 0 spiro atoms. The quantitative estimate of drug-likeness (QED) is 0.236. The van der Waals surface area contributed by atoms with E-state index >= 15 is 0 Å². The second-order valence-corrected chi connectivity index (χ2v) is 11.2. The van der Waals surface area contributed by atoms with Crippen molar-refractivity contribution in [3.05, 3.63) is 0 Å². The van der Waals surface area contributed by atoms with Gasteiger partial charge in [-0.3, -0.25) is 4.99 Å². The molecule has 0 bridgehead atoms. The van der Waals surface area contributed by atoms with Crippen LogP contribution in [0.2, 0.25) is 0 Å². The van der Waals surface area contributed by atoms with Crippen molar-refractivity contribution in [3.63, 3.8) is 0 Å². The Labute approximate surface area is 187 Å². The van der Waals surface area contributed by atoms with Gasteiger partial charge in [0.25, 0.3) is 0 Å². The highest BCUT2D eigenvalue weighted by molar-refractivity contribution is 14.0. The zero-order valence-corrected chi connectivity index (χ0v) is 21.2. The fraction of sp³-hybridized carbons (Fsp3) is 0.938. The average molecular weight is 555 g/mol. The van der Waals surface area contributed by atoms with Gasteiger partial charge in [0, 0.05) is 38.5 Å². The first-order valence-electron chi connectivity index (χ1n) is 9.44. The van der Waals surface area contributed by atoms with E-state index in [4.69, 9.17) is 4.74 Å². The first-order chi connectivity index (χ1) is 12.6. The highest BCUT2D eigenvalue weighted by atomic mass is 127. The third-order valence-corrected chi connectivity index (χ3v) is 7.68. The number of halogens is 1. The van der Waals surface area contributed by atoms with Crippen molar-refractivity contribution in [2.45, 2.75) is 33.8 Å². The average Bonchev–Trinajstić information content (AvgIpc) is 2.60. The molecule has 0 aliphatic carbocycles. The number of hydrogen-bond donors (Lipinski definition) is 1. The van der Waals surface area contributed by atoms with Crippen LogP contribution in [0.25, 0.3) is 0 Å². The van der Waals surface area contributed by atoms with Crippen molar-refractivity contribution in [1.82, 2.24) is 14.5 Å². The molecule has 28 heavy (non-hydrogen) atoms. The van der Waals surface area contributed by atoms with Gasteiger partial charge in [0.2, 0.25) is 10.0 Å². The van der Waals surface area contributed by atoms with Crippen LogP contribution in [0.15, 0.2) is 4.99 Å². The maximum atomic E-state index is 12.4. The second kappa shape index (κ2) is 13.2. The van der Waals surface area contributed by atoms with Crippen molar-refractivity contribution < 1.29 is 21.6 Å². The van der Waals surface area contributed by atoms with E-state index in [2.05, 4.69) is 10.3 Å². The lowest BCUT2D eigenvalue weighted by atomic mass is 10.4. The highest BCUT2D eigenvalue weighted by Gasteiger charge is 2.28. The van der Waals surface area contributed by atoms with Crippen LogP contribution in [0.4, 0.5) is 0 Å². The lowest BCUT2D eigenvalue weighted by Gasteiger charge is -2.35. The van der Waals surface area contributed by atoms with Gasteiger partial charge < -0.3 is 15.0 Å². The molecule has 1 aliphatic rings. The molecule has 9 nitrogen and oxygen atoms in total. The number of nitrogens with one attached hydrogen (secondary N) is 1. The van der Waals surface area contributed by atoms with Gasteiger partial charge in [-0.2, -0.15) is 4.31 Å². The van der Waals surface area contributed by atoms with Gasteiger partial charge in [0.15, 0.2) is 15.8 Å². The smallest absolute Gasteiger partial charge is 0.216 e. The molecule has 0 unspecified atom stereocenters. The molecule has 0 amide bonds. The first kappa shape index (κ1) is 27.8. The van der Waals surface area contributed by atoms with Crippen LogP contribution >= 0.6 is 24.0 Å². The number of sulfone groups is 1. The van der Waals surface area contributed by atoms with Crippen molar-refractivity contribution in [3.8, 4) is 0 Å². The monoisotopic (exact) mass is 554 g/mol. The van der Waals surface area contributed by atoms with Gasteiger partial charge in [-0.25, -0.2) is 16.8 Å². The van der Waals surface area contributed by atoms with E-state index < -0.39 is 19.9 Å². The first-order valence-corrected chi connectivity index (χ1v) is 12.9. The summed E-state index contributed by atoms with van der Waals surface area (Å²) in [6, 6.07) is 0. The van der Waals surface area contributed by atoms with Gasteiger partial charge >= 0.3 is 0 Å². The number of piperazine rings is 1. The molecule has 1 N–H and O–H groups in total. The van der Waals surface area contributed by atoms with Crippen LogP contribution in [0.1, 0.15) is 27.7 Å². The lowest BCUT2D eigenvalue weighted by molar-refractivity contribution is 0.0904. The molecular weight excluding hydrogens is 519 g/mol. The van der Waals surface area contributed by atoms with Crippen molar-refractivity contribution >= 4 is 49.8 Å². The summed E-state index contributed by atoms with van der Waals surface area (Å²) in [6.45, 7) is 10.1. The Morgan fingerprint density at radius 1 is 1.07 bits per heavy atom. The molecule has 0 saturated carbocycles. The Kier molecular flexibility index (Phi) is 13.1. The van der Waals surface area contributed by atoms with Gasteiger partial charge in [0.05, 0.1) is 30.8 Å². The maximum absolute atomic E-state index is 12.4. The molecule has 0 aromatic heterocycles. The number of ether oxygens (including phenoxy) is 1. The van der Waals surface area contributed by atoms with E-state index in [1.54, 1.807) is 6.92 Å². The fourth-order valence-electron chi connectivity index (χ4n) is 2.56. The summed E-state index contributed by atoms with van der Waals surface area (Å²) in [4.78, 5) is 6.36. The predicted molar refractivity (Wildman–Crippen MR) is 124 cm³/mol. The summed E-state index contributed by atoms with van der Waals surface area (Å²) >= 11 is 0. The van der Waals surface area contributed by atoms with Gasteiger partial charge in [0.1, 0.15) is 0 Å². The van der Waals surface area contributed by atoms with Crippen LogP contribution in [0, 0.1) is 0 Å². The summed E-state index contributed by atoms with van der Waals surface area (Å²) in [6.07, 6.45) is 0.00691. The Morgan fingerprint density at radius 2 is 1.68 bits per heavy atom. The summed E-state index contributed by atoms with van der Waals surface area (Å²) in [5.41, 5.74) is 0. The number of rotatable bonds is 10. The molecule has 168 valence electrons. The topological polar surface area (TPSA) is 108 Å². The minimum absolute atomic E-state index is 0. The van der Waals surface area contributed by atoms with E-state index in [9.17, 15) is 16.8 Å². The van der Waals surface area contributed by atoms with E-state index in [-0.39, 0.29) is 60.5 Å². The molecule has 0 aromatic rings. The standard InChI is InChI=1S/C16H34N4O5S2.HI/c1-5-17-16(18-7-13-26(21,22)6-2)19-8-10-20(11-9-19)27(23,24)14-12-25-15(3)4;/h15H,5-14H2,1-4H3,(H,17,18);1H. The summed E-state index contributed by atoms with van der Waals surface area (Å²) in [5, 5.41) is 3.15. The Morgan fingerprint density at radius 3 is 2.18 bits per heavy atom. The number of hydrogen-bond acceptors (Lipinski definition) is 6. The predicted octanol–water partition coefficient (Wildman–Crippen LogP) is 0.377. The lowest BCUT2D eigenvalue weighted by Crippen LogP contribution is -2.54. The van der Waals surface area contributed by atoms with Crippen molar-refractivity contribution in [2.24, 2.45) is 4.99 Å². The third kappa shape index (κ3) is 10.0. The second-order valence-electron chi connectivity index (χ2n) is 6.59. The molecule has 1 saturated heterocycles. The van der Waals surface area contributed by atoms with Crippen molar-refractivity contribution in [2.75, 3.05) is 63.1 Å². The summed E-state index contributed by atoms with van der Waals surface area (Å²) in [5.74, 6) is 0.733. The summed E-state index contributed by atoms with van der Waals surface area (Å²) < 4.78 is 54.8. The van der Waals surface area contributed by atoms with E-state index in [0.717, 1.165) is 0 Å². The molecule has 1 heterocycles. The van der Waals surface area contributed by atoms with Crippen LogP contribution in [0.3, 0.4) is 0 Å². The van der Waals surface area contributed by atoms with Gasteiger partial charge in [-0.15, -0.1) is 24.0 Å². The molecular formula is C16H35IN4O5S2. The van der Waals surface area contributed by atoms with Crippen LogP contribution in [-0.4, -0.2) is 101 Å². The van der Waals surface area contributed by atoms with E-state index in [0.29, 0.717) is 38.7 Å². The minimum Gasteiger partial charge on any atom is -0.378 e. The summed E-state index contributed by atoms with van der Waals surface area (Å²) in [7, 11) is -6.39. The van der Waals surface area contributed by atoms with Gasteiger partial charge in [-0.1, -0.05) is 6.92 Å². The minimum atomic E-state index is -3.34. The number of nitrogens with zero attached hydrogens (tertiary/aromatic N) is 3. The molecule has 1 rings (SSSR count). The number of sulfonamides is 1. The van der Waals surface area contributed by atoms with E-state index in [1.807, 2.05) is 25.7 Å². The molecule has 0 radical (unpaired) electrons. The molecule has 0 atom stereocenters. The van der Waals surface area contributed by atoms with Gasteiger partial charge in [-0.05, 0) is 20.8 Å². The third-order valence-electron chi connectivity index (χ3n) is 4.16. The highest BCUT2D eigenvalue weighted by Crippen LogP contribution is 2.09. The van der Waals surface area contributed by atoms with Crippen LogP contribution in [-0.2, 0) is 24.6 Å². The maximum Gasteiger partial charge on any atom is 0.216 e. The van der Waals surface area contributed by atoms with Crippen LogP contribution < -0.4 is 5.32 Å². The van der Waals surface area contributed by atoms with E-state index in [1.165, 1.54) is 4.31 Å². The Bertz CT molecular complexity index is 675. The Hall–Kier alpha value is -0.180. The SMILES string of the molecule is CCNC(=NCCS(=O)(=O)CC)N1CCN(S(=O)(=O)CCOC(C)C)CC1.I. The van der Waals surface area contributed by atoms with Crippen LogP contribution in [0.5, 0.6) is 0 Å². The number of guanidine groups is 1. The van der Waals surface area contributed by atoms with Crippen molar-refractivity contribution in [1.29, 1.82) is 0 Å². The molecule has 12 heteroatoms.